The molecule has 2 N–H and O–H groups in total. The number of guanidine groups is 1. The van der Waals surface area contributed by atoms with Gasteiger partial charge in [-0.05, 0) is 36.8 Å². The second-order valence-electron chi connectivity index (χ2n) is 4.41. The number of nitrogens with zero attached hydrogens (tertiary/aromatic N) is 1. The Balaban J connectivity index is 0.00000361. The van der Waals surface area contributed by atoms with Gasteiger partial charge in [0.2, 0.25) is 0 Å². The van der Waals surface area contributed by atoms with E-state index >= 15 is 0 Å². The lowest BCUT2D eigenvalue weighted by molar-refractivity contribution is 0.751. The zero-order chi connectivity index (χ0) is 13.9. The Morgan fingerprint density at radius 3 is 2.85 bits per heavy atom. The molecule has 1 rings (SSSR count). The van der Waals surface area contributed by atoms with Crippen molar-refractivity contribution in [3.63, 3.8) is 0 Å². The van der Waals surface area contributed by atoms with E-state index in [1.54, 1.807) is 0 Å². The summed E-state index contributed by atoms with van der Waals surface area (Å²) >= 11 is 3.69. The van der Waals surface area contributed by atoms with Crippen LogP contribution < -0.4 is 10.6 Å². The molecule has 3 nitrogen and oxygen atoms in total. The highest BCUT2D eigenvalue weighted by molar-refractivity contribution is 14.0. The summed E-state index contributed by atoms with van der Waals surface area (Å²) in [6, 6.07) is 4.29. The summed E-state index contributed by atoms with van der Waals surface area (Å²) in [6.45, 7) is 7.05. The molecule has 116 valence electrons. The van der Waals surface area contributed by atoms with Crippen LogP contribution in [0.1, 0.15) is 31.1 Å². The normalized spacial score (nSPS) is 12.7. The summed E-state index contributed by atoms with van der Waals surface area (Å²) < 4.78 is 0. The molecule has 0 aliphatic carbocycles. The van der Waals surface area contributed by atoms with Gasteiger partial charge in [-0.15, -0.1) is 35.3 Å². The topological polar surface area (TPSA) is 36.4 Å². The standard InChI is InChI=1S/C14H25N3S2.HI/c1-4-15-14(16-8-6-9-18-3)17-11-12(2)13-7-5-10-19-13;/h5,7,10,12H,4,6,8-9,11H2,1-3H3,(H2,15,16,17);1H. The third-order valence-corrected chi connectivity index (χ3v) is 4.51. The predicted molar refractivity (Wildman–Crippen MR) is 105 cm³/mol. The maximum atomic E-state index is 4.66. The van der Waals surface area contributed by atoms with Gasteiger partial charge in [-0.2, -0.15) is 11.8 Å². The van der Waals surface area contributed by atoms with Gasteiger partial charge >= 0.3 is 0 Å². The van der Waals surface area contributed by atoms with Gasteiger partial charge in [-0.3, -0.25) is 4.99 Å². The molecule has 0 saturated heterocycles. The fraction of sp³-hybridized carbons (Fsp3) is 0.643. The molecule has 0 aliphatic rings. The third kappa shape index (κ3) is 8.36. The van der Waals surface area contributed by atoms with Gasteiger partial charge in [0.15, 0.2) is 5.96 Å². The van der Waals surface area contributed by atoms with Crippen LogP contribution in [-0.2, 0) is 0 Å². The molecule has 0 aliphatic heterocycles. The molecular formula is C14H26IN3S2. The molecule has 1 atom stereocenters. The van der Waals surface area contributed by atoms with Gasteiger partial charge in [0, 0.05) is 23.9 Å². The molecular weight excluding hydrogens is 401 g/mol. The minimum Gasteiger partial charge on any atom is -0.357 e. The largest absolute Gasteiger partial charge is 0.357 e. The number of thiophene rings is 1. The second-order valence-corrected chi connectivity index (χ2v) is 6.37. The van der Waals surface area contributed by atoms with Gasteiger partial charge < -0.3 is 10.6 Å². The third-order valence-electron chi connectivity index (χ3n) is 2.71. The molecule has 0 fully saturated rings. The van der Waals surface area contributed by atoms with Crippen molar-refractivity contribution in [3.05, 3.63) is 22.4 Å². The zero-order valence-electron chi connectivity index (χ0n) is 12.5. The molecule has 0 radical (unpaired) electrons. The van der Waals surface area contributed by atoms with Crippen molar-refractivity contribution in [1.82, 2.24) is 10.6 Å². The van der Waals surface area contributed by atoms with Gasteiger partial charge in [0.25, 0.3) is 0 Å². The summed E-state index contributed by atoms with van der Waals surface area (Å²) in [5, 5.41) is 8.81. The van der Waals surface area contributed by atoms with E-state index in [1.807, 2.05) is 23.1 Å². The average molecular weight is 427 g/mol. The number of thioether (sulfide) groups is 1. The van der Waals surface area contributed by atoms with Crippen molar-refractivity contribution in [1.29, 1.82) is 0 Å². The van der Waals surface area contributed by atoms with Crippen LogP contribution >= 0.6 is 47.1 Å². The highest BCUT2D eigenvalue weighted by atomic mass is 127. The van der Waals surface area contributed by atoms with E-state index in [2.05, 4.69) is 53.2 Å². The molecule has 1 unspecified atom stereocenters. The van der Waals surface area contributed by atoms with Crippen LogP contribution in [-0.4, -0.2) is 37.6 Å². The van der Waals surface area contributed by atoms with E-state index in [1.165, 1.54) is 17.1 Å². The van der Waals surface area contributed by atoms with Gasteiger partial charge in [0.05, 0.1) is 6.54 Å². The molecule has 0 aromatic carbocycles. The monoisotopic (exact) mass is 427 g/mol. The molecule has 6 heteroatoms. The Morgan fingerprint density at radius 1 is 1.45 bits per heavy atom. The Morgan fingerprint density at radius 2 is 2.25 bits per heavy atom. The fourth-order valence-electron chi connectivity index (χ4n) is 1.65. The smallest absolute Gasteiger partial charge is 0.191 e. The molecule has 0 amide bonds. The van der Waals surface area contributed by atoms with Gasteiger partial charge in [-0.1, -0.05) is 13.0 Å². The Bertz CT molecular complexity index is 355. The molecule has 1 heterocycles. The lowest BCUT2D eigenvalue weighted by Crippen LogP contribution is -2.38. The first kappa shape index (κ1) is 20.1. The first-order valence-electron chi connectivity index (χ1n) is 6.82. The quantitative estimate of drug-likeness (QED) is 0.287. The molecule has 1 aromatic heterocycles. The maximum absolute atomic E-state index is 4.66. The van der Waals surface area contributed by atoms with Crippen molar-refractivity contribution in [2.24, 2.45) is 4.99 Å². The average Bonchev–Trinajstić information content (AvgIpc) is 2.94. The zero-order valence-corrected chi connectivity index (χ0v) is 16.5. The lowest BCUT2D eigenvalue weighted by atomic mass is 10.1. The van der Waals surface area contributed by atoms with Crippen molar-refractivity contribution < 1.29 is 0 Å². The summed E-state index contributed by atoms with van der Waals surface area (Å²) in [6.07, 6.45) is 3.31. The lowest BCUT2D eigenvalue weighted by Gasteiger charge is -2.12. The van der Waals surface area contributed by atoms with Crippen molar-refractivity contribution in [2.75, 3.05) is 31.6 Å². The Hall–Kier alpha value is 0.0500. The Kier molecular flexibility index (Phi) is 12.8. The van der Waals surface area contributed by atoms with Crippen LogP contribution in [0.15, 0.2) is 22.5 Å². The van der Waals surface area contributed by atoms with E-state index < -0.39 is 0 Å². The van der Waals surface area contributed by atoms with Crippen LogP contribution in [0.5, 0.6) is 0 Å². The highest BCUT2D eigenvalue weighted by Gasteiger charge is 2.06. The summed E-state index contributed by atoms with van der Waals surface area (Å²) in [7, 11) is 0. The van der Waals surface area contributed by atoms with Gasteiger partial charge in [-0.25, -0.2) is 0 Å². The van der Waals surface area contributed by atoms with Crippen LogP contribution in [0.3, 0.4) is 0 Å². The number of aliphatic imine (C=N–C) groups is 1. The molecule has 0 spiro atoms. The van der Waals surface area contributed by atoms with E-state index in [4.69, 9.17) is 0 Å². The molecule has 0 bridgehead atoms. The predicted octanol–water partition coefficient (Wildman–Crippen LogP) is 3.78. The van der Waals surface area contributed by atoms with Crippen LogP contribution in [0.2, 0.25) is 0 Å². The van der Waals surface area contributed by atoms with Crippen molar-refractivity contribution >= 4 is 53.0 Å². The second kappa shape index (κ2) is 12.8. The van der Waals surface area contributed by atoms with E-state index in [9.17, 15) is 0 Å². The van der Waals surface area contributed by atoms with E-state index in [-0.39, 0.29) is 24.0 Å². The molecule has 0 saturated carbocycles. The number of hydrogen-bond donors (Lipinski definition) is 2. The van der Waals surface area contributed by atoms with Crippen molar-refractivity contribution in [2.45, 2.75) is 26.2 Å². The summed E-state index contributed by atoms with van der Waals surface area (Å²) in [5.74, 6) is 2.62. The van der Waals surface area contributed by atoms with Crippen LogP contribution in [0.25, 0.3) is 0 Å². The molecule has 20 heavy (non-hydrogen) atoms. The maximum Gasteiger partial charge on any atom is 0.191 e. The summed E-state index contributed by atoms with van der Waals surface area (Å²) in [5.41, 5.74) is 0. The summed E-state index contributed by atoms with van der Waals surface area (Å²) in [4.78, 5) is 6.07. The van der Waals surface area contributed by atoms with E-state index in [0.717, 1.165) is 25.6 Å². The van der Waals surface area contributed by atoms with Crippen molar-refractivity contribution in [3.8, 4) is 0 Å². The number of hydrogen-bond acceptors (Lipinski definition) is 3. The minimum absolute atomic E-state index is 0. The SMILES string of the molecule is CCNC(=NCC(C)c1cccs1)NCCCSC.I. The van der Waals surface area contributed by atoms with Crippen LogP contribution in [0.4, 0.5) is 0 Å². The first-order valence-corrected chi connectivity index (χ1v) is 9.09. The molecule has 1 aromatic rings. The number of nitrogens with one attached hydrogen (secondary N) is 2. The van der Waals surface area contributed by atoms with E-state index in [0.29, 0.717) is 5.92 Å². The highest BCUT2D eigenvalue weighted by Crippen LogP contribution is 2.20. The fourth-order valence-corrected chi connectivity index (χ4v) is 2.87. The first-order chi connectivity index (χ1) is 9.27. The minimum atomic E-state index is 0. The van der Waals surface area contributed by atoms with Gasteiger partial charge in [0.1, 0.15) is 0 Å². The Labute approximate surface area is 148 Å². The number of halogens is 1. The van der Waals surface area contributed by atoms with Crippen LogP contribution in [0, 0.1) is 0 Å². The number of rotatable bonds is 8.